The molecule has 0 amide bonds. The highest BCUT2D eigenvalue weighted by Crippen LogP contribution is 2.24. The molecule has 0 heterocycles. The Bertz CT molecular complexity index is 429. The molecule has 1 aliphatic rings. The lowest BCUT2D eigenvalue weighted by Crippen LogP contribution is -2.22. The average Bonchev–Trinajstić information content (AvgIpc) is 2.83. The average molecular weight is 247 g/mol. The first-order valence-corrected chi connectivity index (χ1v) is 6.73. The number of rotatable bonds is 5. The molecule has 1 aromatic rings. The summed E-state index contributed by atoms with van der Waals surface area (Å²) in [6.45, 7) is 4.79. The first kappa shape index (κ1) is 12.9. The lowest BCUT2D eigenvalue weighted by molar-refractivity contribution is -0.146. The Labute approximate surface area is 109 Å². The summed E-state index contributed by atoms with van der Waals surface area (Å²) in [6, 6.07) is 6.50. The minimum absolute atomic E-state index is 0.113. The second-order valence-electron chi connectivity index (χ2n) is 4.87. The molecule has 2 rings (SSSR count). The van der Waals surface area contributed by atoms with Crippen molar-refractivity contribution < 1.29 is 9.53 Å². The van der Waals surface area contributed by atoms with Crippen molar-refractivity contribution in [3.05, 3.63) is 29.3 Å². The van der Waals surface area contributed by atoms with Gasteiger partial charge in [-0.3, -0.25) is 4.79 Å². The lowest BCUT2D eigenvalue weighted by Gasteiger charge is -2.13. The second-order valence-corrected chi connectivity index (χ2v) is 4.87. The molecule has 0 bridgehead atoms. The number of benzene rings is 1. The number of aryl methyl sites for hydroxylation is 2. The number of esters is 1. The quantitative estimate of drug-likeness (QED) is 0.813. The number of ether oxygens (including phenoxy) is 1. The number of hydrogen-bond acceptors (Lipinski definition) is 3. The Hall–Kier alpha value is -1.51. The first-order valence-electron chi connectivity index (χ1n) is 6.73. The van der Waals surface area contributed by atoms with Crippen LogP contribution in [-0.2, 0) is 22.4 Å². The zero-order chi connectivity index (χ0) is 13.0. The third-order valence-corrected chi connectivity index (χ3v) is 3.40. The highest BCUT2D eigenvalue weighted by Gasteiger charge is 2.14. The number of hydrogen-bond donors (Lipinski definition) is 1. The van der Waals surface area contributed by atoms with Crippen LogP contribution >= 0.6 is 0 Å². The van der Waals surface area contributed by atoms with Gasteiger partial charge in [-0.05, 0) is 49.4 Å². The molecule has 1 N–H and O–H groups in total. The van der Waals surface area contributed by atoms with E-state index >= 15 is 0 Å². The van der Waals surface area contributed by atoms with E-state index in [1.165, 1.54) is 30.4 Å². The zero-order valence-electron chi connectivity index (χ0n) is 11.2. The third kappa shape index (κ3) is 3.03. The van der Waals surface area contributed by atoms with Crippen molar-refractivity contribution in [3.63, 3.8) is 0 Å². The minimum atomic E-state index is -0.133. The van der Waals surface area contributed by atoms with Crippen molar-refractivity contribution in [2.24, 2.45) is 5.92 Å². The smallest absolute Gasteiger partial charge is 0.310 e. The van der Waals surface area contributed by atoms with E-state index in [0.29, 0.717) is 13.2 Å². The number of carbonyl (C=O) groups is 1. The van der Waals surface area contributed by atoms with Gasteiger partial charge in [-0.15, -0.1) is 0 Å². The summed E-state index contributed by atoms with van der Waals surface area (Å²) in [5.74, 6) is -0.246. The van der Waals surface area contributed by atoms with Gasteiger partial charge in [0.25, 0.3) is 0 Å². The molecule has 0 radical (unpaired) electrons. The molecule has 1 aliphatic carbocycles. The monoisotopic (exact) mass is 247 g/mol. The van der Waals surface area contributed by atoms with Crippen molar-refractivity contribution >= 4 is 11.7 Å². The predicted molar refractivity (Wildman–Crippen MR) is 72.8 cm³/mol. The minimum Gasteiger partial charge on any atom is -0.466 e. The summed E-state index contributed by atoms with van der Waals surface area (Å²) < 4.78 is 4.99. The van der Waals surface area contributed by atoms with E-state index in [0.717, 1.165) is 5.69 Å². The maximum Gasteiger partial charge on any atom is 0.310 e. The van der Waals surface area contributed by atoms with E-state index in [9.17, 15) is 4.79 Å². The van der Waals surface area contributed by atoms with Gasteiger partial charge in [0.1, 0.15) is 0 Å². The van der Waals surface area contributed by atoms with Gasteiger partial charge in [0, 0.05) is 12.2 Å². The highest BCUT2D eigenvalue weighted by atomic mass is 16.5. The van der Waals surface area contributed by atoms with Crippen LogP contribution in [0.15, 0.2) is 18.2 Å². The van der Waals surface area contributed by atoms with E-state index in [-0.39, 0.29) is 11.9 Å². The van der Waals surface area contributed by atoms with Crippen LogP contribution in [0.25, 0.3) is 0 Å². The molecule has 98 valence electrons. The Morgan fingerprint density at radius 2 is 2.17 bits per heavy atom. The first-order chi connectivity index (χ1) is 8.70. The van der Waals surface area contributed by atoms with E-state index in [2.05, 4.69) is 23.5 Å². The van der Waals surface area contributed by atoms with Crippen LogP contribution in [0.1, 0.15) is 31.4 Å². The fraction of sp³-hybridized carbons (Fsp3) is 0.533. The summed E-state index contributed by atoms with van der Waals surface area (Å²) in [4.78, 5) is 11.5. The van der Waals surface area contributed by atoms with Crippen molar-refractivity contribution in [2.75, 3.05) is 18.5 Å². The molecule has 0 saturated carbocycles. The summed E-state index contributed by atoms with van der Waals surface area (Å²) in [5, 5.41) is 3.31. The van der Waals surface area contributed by atoms with Crippen LogP contribution in [0.3, 0.4) is 0 Å². The Kier molecular flexibility index (Phi) is 4.24. The molecule has 0 aromatic heterocycles. The molecule has 18 heavy (non-hydrogen) atoms. The van der Waals surface area contributed by atoms with Crippen molar-refractivity contribution in [1.29, 1.82) is 0 Å². The highest BCUT2D eigenvalue weighted by molar-refractivity contribution is 5.72. The molecule has 1 atom stereocenters. The lowest BCUT2D eigenvalue weighted by atomic mass is 10.1. The topological polar surface area (TPSA) is 38.3 Å². The molecule has 3 nitrogen and oxygen atoms in total. The molecular formula is C15H21NO2. The Morgan fingerprint density at radius 3 is 2.94 bits per heavy atom. The number of carbonyl (C=O) groups excluding carboxylic acids is 1. The van der Waals surface area contributed by atoms with E-state index < -0.39 is 0 Å². The van der Waals surface area contributed by atoms with Gasteiger partial charge in [0.05, 0.1) is 12.5 Å². The number of nitrogens with one attached hydrogen (secondary N) is 1. The molecule has 0 spiro atoms. The molecule has 3 heteroatoms. The third-order valence-electron chi connectivity index (χ3n) is 3.40. The van der Waals surface area contributed by atoms with E-state index in [4.69, 9.17) is 4.74 Å². The molecule has 0 aliphatic heterocycles. The van der Waals surface area contributed by atoms with Crippen LogP contribution in [-0.4, -0.2) is 19.1 Å². The SMILES string of the molecule is CCOC(=O)C(C)CNc1ccc2c(c1)CCC2. The van der Waals surface area contributed by atoms with Gasteiger partial charge in [-0.25, -0.2) is 0 Å². The predicted octanol–water partition coefficient (Wildman–Crippen LogP) is 2.79. The molecule has 0 saturated heterocycles. The Morgan fingerprint density at radius 1 is 1.39 bits per heavy atom. The Balaban J connectivity index is 1.88. The maximum absolute atomic E-state index is 11.5. The van der Waals surface area contributed by atoms with Crippen molar-refractivity contribution in [1.82, 2.24) is 0 Å². The summed E-state index contributed by atoms with van der Waals surface area (Å²) in [5.41, 5.74) is 4.02. The normalized spacial score (nSPS) is 15.0. The van der Waals surface area contributed by atoms with Gasteiger partial charge in [0.2, 0.25) is 0 Å². The fourth-order valence-corrected chi connectivity index (χ4v) is 2.32. The molecule has 0 fully saturated rings. The van der Waals surface area contributed by atoms with Gasteiger partial charge in [-0.2, -0.15) is 0 Å². The van der Waals surface area contributed by atoms with Crippen LogP contribution in [0.4, 0.5) is 5.69 Å². The van der Waals surface area contributed by atoms with Gasteiger partial charge in [-0.1, -0.05) is 13.0 Å². The number of anilines is 1. The standard InChI is InChI=1S/C15H21NO2/c1-3-18-15(17)11(2)10-16-14-8-7-12-5-4-6-13(12)9-14/h7-9,11,16H,3-6,10H2,1-2H3. The molecular weight excluding hydrogens is 226 g/mol. The van der Waals surface area contributed by atoms with Gasteiger partial charge in [0.15, 0.2) is 0 Å². The van der Waals surface area contributed by atoms with Crippen LogP contribution in [0, 0.1) is 5.92 Å². The van der Waals surface area contributed by atoms with Crippen LogP contribution < -0.4 is 5.32 Å². The summed E-state index contributed by atoms with van der Waals surface area (Å²) in [6.07, 6.45) is 3.64. The summed E-state index contributed by atoms with van der Waals surface area (Å²) in [7, 11) is 0. The summed E-state index contributed by atoms with van der Waals surface area (Å²) >= 11 is 0. The largest absolute Gasteiger partial charge is 0.466 e. The zero-order valence-corrected chi connectivity index (χ0v) is 11.2. The maximum atomic E-state index is 11.5. The van der Waals surface area contributed by atoms with E-state index in [1.807, 2.05) is 13.8 Å². The van der Waals surface area contributed by atoms with Crippen LogP contribution in [0.2, 0.25) is 0 Å². The molecule has 1 unspecified atom stereocenters. The fourth-order valence-electron chi connectivity index (χ4n) is 2.32. The van der Waals surface area contributed by atoms with Gasteiger partial charge < -0.3 is 10.1 Å². The van der Waals surface area contributed by atoms with Crippen LogP contribution in [0.5, 0.6) is 0 Å². The second kappa shape index (κ2) is 5.89. The molecule has 1 aromatic carbocycles. The van der Waals surface area contributed by atoms with Crippen molar-refractivity contribution in [3.8, 4) is 0 Å². The van der Waals surface area contributed by atoms with Crippen molar-refractivity contribution in [2.45, 2.75) is 33.1 Å². The number of fused-ring (bicyclic) bond motifs is 1. The van der Waals surface area contributed by atoms with E-state index in [1.54, 1.807) is 0 Å². The van der Waals surface area contributed by atoms with Gasteiger partial charge >= 0.3 is 5.97 Å².